The molecule has 2 N–H and O–H groups in total. The Morgan fingerprint density at radius 1 is 1.30 bits per heavy atom. The first-order valence-corrected chi connectivity index (χ1v) is 7.75. The van der Waals surface area contributed by atoms with Crippen LogP contribution in [0.15, 0.2) is 23.1 Å². The third-order valence-corrected chi connectivity index (χ3v) is 4.25. The Kier molecular flexibility index (Phi) is 5.08. The molecule has 0 unspecified atom stereocenters. The lowest BCUT2D eigenvalue weighted by molar-refractivity contribution is 0.0782. The van der Waals surface area contributed by atoms with Crippen molar-refractivity contribution in [1.29, 1.82) is 0 Å². The van der Waals surface area contributed by atoms with Crippen LogP contribution in [0.3, 0.4) is 0 Å². The van der Waals surface area contributed by atoms with E-state index in [0.717, 1.165) is 0 Å². The second-order valence-corrected chi connectivity index (χ2v) is 6.51. The number of nitrogens with one attached hydrogen (secondary N) is 2. The predicted octanol–water partition coefficient (Wildman–Crippen LogP) is 0.743. The molecule has 0 aliphatic carbocycles. The van der Waals surface area contributed by atoms with Crippen LogP contribution in [0, 0.1) is 11.8 Å². The highest BCUT2D eigenvalue weighted by Gasteiger charge is 2.38. The van der Waals surface area contributed by atoms with Crippen LogP contribution >= 0.6 is 0 Å². The fourth-order valence-corrected chi connectivity index (χ4v) is 2.84. The summed E-state index contributed by atoms with van der Waals surface area (Å²) < 4.78 is 0. The van der Waals surface area contributed by atoms with Crippen molar-refractivity contribution in [3.8, 4) is 0 Å². The van der Waals surface area contributed by atoms with Crippen molar-refractivity contribution in [2.45, 2.75) is 19.9 Å². The van der Waals surface area contributed by atoms with Crippen molar-refractivity contribution < 1.29 is 9.59 Å². The minimum absolute atomic E-state index is 0.0726. The van der Waals surface area contributed by atoms with Crippen LogP contribution in [0.4, 0.5) is 4.79 Å². The van der Waals surface area contributed by atoms with Gasteiger partial charge in [-0.15, -0.1) is 0 Å². The van der Waals surface area contributed by atoms with E-state index in [0.29, 0.717) is 24.6 Å². The molecule has 2 rings (SSSR count). The van der Waals surface area contributed by atoms with Gasteiger partial charge in [0.15, 0.2) is 0 Å². The number of likely N-dealkylation sites (tertiary alicyclic amines) is 1. The average molecular weight is 320 g/mol. The van der Waals surface area contributed by atoms with E-state index in [9.17, 15) is 14.4 Å². The number of amides is 3. The lowest BCUT2D eigenvalue weighted by atomic mass is 9.91. The summed E-state index contributed by atoms with van der Waals surface area (Å²) in [5.41, 5.74) is 0.214. The van der Waals surface area contributed by atoms with Gasteiger partial charge in [0, 0.05) is 45.4 Å². The first kappa shape index (κ1) is 17.1. The molecule has 0 bridgehead atoms. The number of nitrogens with zero attached hydrogens (tertiary/aromatic N) is 2. The van der Waals surface area contributed by atoms with Gasteiger partial charge in [-0.2, -0.15) is 0 Å². The normalized spacial score (nSPS) is 20.7. The van der Waals surface area contributed by atoms with Crippen molar-refractivity contribution in [1.82, 2.24) is 20.1 Å². The molecule has 7 nitrogen and oxygen atoms in total. The number of pyridine rings is 1. The zero-order valence-corrected chi connectivity index (χ0v) is 14.0. The second kappa shape index (κ2) is 6.85. The second-order valence-electron chi connectivity index (χ2n) is 6.51. The quantitative estimate of drug-likeness (QED) is 0.861. The molecule has 1 fully saturated rings. The highest BCUT2D eigenvalue weighted by atomic mass is 16.2. The molecule has 1 aliphatic rings. The van der Waals surface area contributed by atoms with Gasteiger partial charge in [0.1, 0.15) is 0 Å². The van der Waals surface area contributed by atoms with Gasteiger partial charge in [-0.1, -0.05) is 13.8 Å². The van der Waals surface area contributed by atoms with Crippen molar-refractivity contribution in [3.05, 3.63) is 34.2 Å². The summed E-state index contributed by atoms with van der Waals surface area (Å²) in [6, 6.07) is 2.64. The number of aromatic amines is 1. The number of urea groups is 1. The molecule has 1 aliphatic heterocycles. The number of hydrogen-bond donors (Lipinski definition) is 2. The Balaban J connectivity index is 2.12. The van der Waals surface area contributed by atoms with E-state index < -0.39 is 0 Å². The summed E-state index contributed by atoms with van der Waals surface area (Å²) in [7, 11) is 3.38. The Morgan fingerprint density at radius 2 is 2.00 bits per heavy atom. The zero-order chi connectivity index (χ0) is 17.1. The molecule has 2 heterocycles. The van der Waals surface area contributed by atoms with Gasteiger partial charge in [0.25, 0.3) is 5.91 Å². The lowest BCUT2D eigenvalue weighted by Gasteiger charge is -2.24. The topological polar surface area (TPSA) is 85.5 Å². The maximum Gasteiger partial charge on any atom is 0.317 e. The maximum absolute atomic E-state index is 12.6. The molecule has 0 radical (unpaired) electrons. The molecule has 23 heavy (non-hydrogen) atoms. The first-order valence-electron chi connectivity index (χ1n) is 7.75. The number of carbonyl (C=O) groups is 2. The Labute approximate surface area is 135 Å². The van der Waals surface area contributed by atoms with Crippen molar-refractivity contribution in [2.75, 3.05) is 27.2 Å². The fraction of sp³-hybridized carbons (Fsp3) is 0.562. The molecular formula is C16H24N4O3. The lowest BCUT2D eigenvalue weighted by Crippen LogP contribution is -2.46. The molecule has 1 aromatic heterocycles. The summed E-state index contributed by atoms with van der Waals surface area (Å²) >= 11 is 0. The van der Waals surface area contributed by atoms with Crippen LogP contribution in [0.5, 0.6) is 0 Å². The summed E-state index contributed by atoms with van der Waals surface area (Å²) in [6.07, 6.45) is 1.43. The third-order valence-electron chi connectivity index (χ3n) is 4.25. The monoisotopic (exact) mass is 320 g/mol. The average Bonchev–Trinajstić information content (AvgIpc) is 2.91. The minimum atomic E-state index is -0.237. The highest BCUT2D eigenvalue weighted by molar-refractivity contribution is 5.94. The SMILES string of the molecule is CC(C)[C@@H]1CN(C(=O)c2ccc(=O)[nH]c2)C[C@H]1NC(=O)N(C)C. The van der Waals surface area contributed by atoms with Crippen LogP contribution in [0.25, 0.3) is 0 Å². The van der Waals surface area contributed by atoms with E-state index >= 15 is 0 Å². The molecular weight excluding hydrogens is 296 g/mol. The van der Waals surface area contributed by atoms with Gasteiger partial charge >= 0.3 is 6.03 Å². The smallest absolute Gasteiger partial charge is 0.317 e. The summed E-state index contributed by atoms with van der Waals surface area (Å²) in [6.45, 7) is 5.25. The van der Waals surface area contributed by atoms with Gasteiger partial charge < -0.3 is 20.1 Å². The summed E-state index contributed by atoms with van der Waals surface area (Å²) in [5, 5.41) is 2.99. The van der Waals surface area contributed by atoms with E-state index in [1.165, 1.54) is 23.2 Å². The van der Waals surface area contributed by atoms with Crippen LogP contribution in [0.2, 0.25) is 0 Å². The Bertz CT molecular complexity index is 618. The molecule has 126 valence electrons. The number of H-pyrrole nitrogens is 1. The number of rotatable bonds is 3. The molecule has 7 heteroatoms. The van der Waals surface area contributed by atoms with E-state index in [1.54, 1.807) is 19.0 Å². The standard InChI is InChI=1S/C16H24N4O3/c1-10(2)12-8-20(9-13(12)18-16(23)19(3)4)15(22)11-5-6-14(21)17-7-11/h5-7,10,12-13H,8-9H2,1-4H3,(H,17,21)(H,18,23)/t12-,13+/m0/s1. The Hall–Kier alpha value is -2.31. The van der Waals surface area contributed by atoms with E-state index in [-0.39, 0.29) is 29.5 Å². The van der Waals surface area contributed by atoms with Gasteiger partial charge in [0.2, 0.25) is 5.56 Å². The molecule has 2 atom stereocenters. The number of carbonyl (C=O) groups excluding carboxylic acids is 2. The molecule has 1 aromatic rings. The zero-order valence-electron chi connectivity index (χ0n) is 14.0. The van der Waals surface area contributed by atoms with Crippen LogP contribution in [-0.4, -0.2) is 59.9 Å². The van der Waals surface area contributed by atoms with E-state index in [2.05, 4.69) is 24.1 Å². The molecule has 1 saturated heterocycles. The van der Waals surface area contributed by atoms with Gasteiger partial charge in [-0.05, 0) is 12.0 Å². The van der Waals surface area contributed by atoms with Gasteiger partial charge in [-0.3, -0.25) is 9.59 Å². The Morgan fingerprint density at radius 3 is 2.52 bits per heavy atom. The van der Waals surface area contributed by atoms with Crippen molar-refractivity contribution >= 4 is 11.9 Å². The predicted molar refractivity (Wildman–Crippen MR) is 87.3 cm³/mol. The summed E-state index contributed by atoms with van der Waals surface area (Å²) in [5.74, 6) is 0.412. The van der Waals surface area contributed by atoms with Crippen LogP contribution in [-0.2, 0) is 0 Å². The fourth-order valence-electron chi connectivity index (χ4n) is 2.84. The van der Waals surface area contributed by atoms with E-state index in [4.69, 9.17) is 0 Å². The molecule has 0 spiro atoms. The minimum Gasteiger partial charge on any atom is -0.336 e. The molecule has 0 aromatic carbocycles. The summed E-state index contributed by atoms with van der Waals surface area (Å²) in [4.78, 5) is 41.3. The molecule has 3 amide bonds. The number of aromatic nitrogens is 1. The van der Waals surface area contributed by atoms with Crippen LogP contribution in [0.1, 0.15) is 24.2 Å². The van der Waals surface area contributed by atoms with Gasteiger partial charge in [0.05, 0.1) is 11.6 Å². The van der Waals surface area contributed by atoms with Crippen molar-refractivity contribution in [2.24, 2.45) is 11.8 Å². The van der Waals surface area contributed by atoms with Crippen LogP contribution < -0.4 is 10.9 Å². The number of hydrogen-bond acceptors (Lipinski definition) is 3. The highest BCUT2D eigenvalue weighted by Crippen LogP contribution is 2.25. The largest absolute Gasteiger partial charge is 0.336 e. The molecule has 0 saturated carbocycles. The third kappa shape index (κ3) is 3.91. The first-order chi connectivity index (χ1) is 10.8. The van der Waals surface area contributed by atoms with Crippen molar-refractivity contribution in [3.63, 3.8) is 0 Å². The maximum atomic E-state index is 12.6. The van der Waals surface area contributed by atoms with Gasteiger partial charge in [-0.25, -0.2) is 4.79 Å². The van der Waals surface area contributed by atoms with E-state index in [1.807, 2.05) is 0 Å².